The van der Waals surface area contributed by atoms with Crippen molar-refractivity contribution in [3.8, 4) is 17.2 Å². The molecule has 0 spiro atoms. The van der Waals surface area contributed by atoms with Gasteiger partial charge in [-0.2, -0.15) is 4.68 Å². The predicted octanol–water partition coefficient (Wildman–Crippen LogP) is 3.36. The molecule has 0 saturated carbocycles. The van der Waals surface area contributed by atoms with Crippen molar-refractivity contribution in [3.63, 3.8) is 0 Å². The van der Waals surface area contributed by atoms with E-state index in [1.54, 1.807) is 11.8 Å². The monoisotopic (exact) mass is 408 g/mol. The van der Waals surface area contributed by atoms with Gasteiger partial charge in [-0.15, -0.1) is 5.10 Å². The highest BCUT2D eigenvalue weighted by molar-refractivity contribution is 7.99. The molecule has 1 atom stereocenters. The van der Waals surface area contributed by atoms with Gasteiger partial charge in [0.25, 0.3) is 0 Å². The van der Waals surface area contributed by atoms with Gasteiger partial charge in [0.2, 0.25) is 5.16 Å². The Morgan fingerprint density at radius 3 is 2.69 bits per heavy atom. The van der Waals surface area contributed by atoms with Gasteiger partial charge in [-0.25, -0.2) is 0 Å². The zero-order valence-electron chi connectivity index (χ0n) is 15.8. The number of tetrazole rings is 1. The van der Waals surface area contributed by atoms with Crippen LogP contribution in [0.5, 0.6) is 11.5 Å². The van der Waals surface area contributed by atoms with E-state index in [4.69, 9.17) is 9.47 Å². The molecule has 7 nitrogen and oxygen atoms in total. The van der Waals surface area contributed by atoms with E-state index in [1.807, 2.05) is 60.7 Å². The third-order valence-corrected chi connectivity index (χ3v) is 5.39. The number of ether oxygens (including phenoxy) is 2. The Balaban J connectivity index is 1.36. The summed E-state index contributed by atoms with van der Waals surface area (Å²) in [5.74, 6) is 1.79. The number of hydrogen-bond donors (Lipinski definition) is 1. The van der Waals surface area contributed by atoms with Crippen LogP contribution in [0.1, 0.15) is 0 Å². The second kappa shape index (κ2) is 8.93. The highest BCUT2D eigenvalue weighted by atomic mass is 32.2. The minimum absolute atomic E-state index is 0.182. The molecule has 4 rings (SSSR count). The average Bonchev–Trinajstić information content (AvgIpc) is 3.24. The Morgan fingerprint density at radius 1 is 1.03 bits per heavy atom. The van der Waals surface area contributed by atoms with Crippen LogP contribution in [0.25, 0.3) is 16.5 Å². The van der Waals surface area contributed by atoms with Crippen LogP contribution < -0.4 is 9.47 Å². The Morgan fingerprint density at radius 2 is 1.83 bits per heavy atom. The number of aliphatic hydroxyl groups is 1. The normalized spacial score (nSPS) is 12.1. The molecule has 0 saturated heterocycles. The number of para-hydroxylation sites is 2. The summed E-state index contributed by atoms with van der Waals surface area (Å²) in [5.41, 5.74) is 0.740. The maximum absolute atomic E-state index is 10.3. The van der Waals surface area contributed by atoms with Crippen LogP contribution >= 0.6 is 11.8 Å². The van der Waals surface area contributed by atoms with Crippen molar-refractivity contribution in [2.75, 3.05) is 19.5 Å². The maximum Gasteiger partial charge on any atom is 0.214 e. The first-order valence-electron chi connectivity index (χ1n) is 9.09. The van der Waals surface area contributed by atoms with Crippen molar-refractivity contribution in [3.05, 3.63) is 66.7 Å². The molecule has 148 valence electrons. The van der Waals surface area contributed by atoms with Gasteiger partial charge in [-0.3, -0.25) is 0 Å². The highest BCUT2D eigenvalue weighted by Gasteiger charge is 2.15. The second-order valence-electron chi connectivity index (χ2n) is 6.33. The van der Waals surface area contributed by atoms with E-state index < -0.39 is 6.10 Å². The number of nitrogens with zero attached hydrogens (tertiary/aromatic N) is 4. The van der Waals surface area contributed by atoms with Gasteiger partial charge in [0, 0.05) is 5.75 Å². The molecule has 0 radical (unpaired) electrons. The molecule has 29 heavy (non-hydrogen) atoms. The summed E-state index contributed by atoms with van der Waals surface area (Å²) < 4.78 is 12.7. The summed E-state index contributed by atoms with van der Waals surface area (Å²) in [6.07, 6.45) is -0.672. The standard InChI is InChI=1S/C21H20N4O3S/c1-27-20-9-5-4-8-19(20)25-21(22-23-24-25)29-14-17(26)13-28-18-11-10-15-6-2-3-7-16(15)12-18/h2-12,17,26H,13-14H2,1H3. The lowest BCUT2D eigenvalue weighted by molar-refractivity contribution is 0.126. The molecule has 0 amide bonds. The molecule has 1 aromatic heterocycles. The Hall–Kier alpha value is -3.10. The topological polar surface area (TPSA) is 82.3 Å². The number of benzene rings is 3. The third-order valence-electron chi connectivity index (χ3n) is 4.32. The molecule has 0 fully saturated rings. The largest absolute Gasteiger partial charge is 0.494 e. The molecule has 3 aromatic carbocycles. The minimum atomic E-state index is -0.672. The van der Waals surface area contributed by atoms with Crippen molar-refractivity contribution in [2.45, 2.75) is 11.3 Å². The molecular weight excluding hydrogens is 388 g/mol. The quantitative estimate of drug-likeness (QED) is 0.448. The molecule has 1 unspecified atom stereocenters. The first kappa shape index (κ1) is 19.2. The van der Waals surface area contributed by atoms with Gasteiger partial charge in [0.1, 0.15) is 23.8 Å². The van der Waals surface area contributed by atoms with Gasteiger partial charge in [0.15, 0.2) is 0 Å². The van der Waals surface area contributed by atoms with Crippen LogP contribution in [0.3, 0.4) is 0 Å². The van der Waals surface area contributed by atoms with Crippen molar-refractivity contribution in [1.29, 1.82) is 0 Å². The van der Waals surface area contributed by atoms with Crippen molar-refractivity contribution in [2.24, 2.45) is 0 Å². The van der Waals surface area contributed by atoms with E-state index in [0.717, 1.165) is 22.2 Å². The average molecular weight is 408 g/mol. The van der Waals surface area contributed by atoms with Crippen LogP contribution in [0.2, 0.25) is 0 Å². The van der Waals surface area contributed by atoms with Crippen LogP contribution in [0.4, 0.5) is 0 Å². The van der Waals surface area contributed by atoms with Crippen LogP contribution in [0.15, 0.2) is 71.9 Å². The molecule has 4 aromatic rings. The lowest BCUT2D eigenvalue weighted by Crippen LogP contribution is -2.20. The fraction of sp³-hybridized carbons (Fsp3) is 0.190. The minimum Gasteiger partial charge on any atom is -0.494 e. The summed E-state index contributed by atoms with van der Waals surface area (Å²) in [5, 5.41) is 25.0. The smallest absolute Gasteiger partial charge is 0.214 e. The van der Waals surface area contributed by atoms with E-state index in [1.165, 1.54) is 11.8 Å². The van der Waals surface area contributed by atoms with Crippen molar-refractivity contribution >= 4 is 22.5 Å². The lowest BCUT2D eigenvalue weighted by atomic mass is 10.1. The number of rotatable bonds is 8. The van der Waals surface area contributed by atoms with E-state index in [-0.39, 0.29) is 6.61 Å². The van der Waals surface area contributed by atoms with Gasteiger partial charge in [0.05, 0.1) is 13.2 Å². The van der Waals surface area contributed by atoms with Gasteiger partial charge < -0.3 is 14.6 Å². The number of methoxy groups -OCH3 is 1. The SMILES string of the molecule is COc1ccccc1-n1nnnc1SCC(O)COc1ccc2ccccc2c1. The zero-order valence-corrected chi connectivity index (χ0v) is 16.6. The molecule has 1 heterocycles. The van der Waals surface area contributed by atoms with E-state index >= 15 is 0 Å². The second-order valence-corrected chi connectivity index (χ2v) is 7.32. The maximum atomic E-state index is 10.3. The molecule has 0 aliphatic carbocycles. The van der Waals surface area contributed by atoms with Gasteiger partial charge in [-0.1, -0.05) is 54.2 Å². The van der Waals surface area contributed by atoms with Gasteiger partial charge in [-0.05, 0) is 45.5 Å². The third kappa shape index (κ3) is 4.49. The predicted molar refractivity (Wildman–Crippen MR) is 112 cm³/mol. The van der Waals surface area contributed by atoms with E-state index in [0.29, 0.717) is 16.7 Å². The Bertz CT molecular complexity index is 1100. The fourth-order valence-corrected chi connectivity index (χ4v) is 3.68. The lowest BCUT2D eigenvalue weighted by Gasteiger charge is -2.13. The summed E-state index contributed by atoms with van der Waals surface area (Å²) in [6.45, 7) is 0.182. The Kier molecular flexibility index (Phi) is 5.92. The van der Waals surface area contributed by atoms with Crippen LogP contribution in [-0.2, 0) is 0 Å². The Labute approximate surface area is 172 Å². The molecular formula is C21H20N4O3S. The number of fused-ring (bicyclic) bond motifs is 1. The molecule has 8 heteroatoms. The summed E-state index contributed by atoms with van der Waals surface area (Å²) in [6, 6.07) is 21.5. The van der Waals surface area contributed by atoms with Crippen molar-refractivity contribution < 1.29 is 14.6 Å². The molecule has 0 bridgehead atoms. The van der Waals surface area contributed by atoms with Crippen LogP contribution in [0, 0.1) is 0 Å². The first-order chi connectivity index (χ1) is 14.2. The van der Waals surface area contributed by atoms with Crippen LogP contribution in [-0.4, -0.2) is 50.9 Å². The number of hydrogen-bond acceptors (Lipinski definition) is 7. The zero-order chi connectivity index (χ0) is 20.1. The van der Waals surface area contributed by atoms with Crippen molar-refractivity contribution in [1.82, 2.24) is 20.2 Å². The number of aliphatic hydroxyl groups excluding tert-OH is 1. The number of thioether (sulfide) groups is 1. The summed E-state index contributed by atoms with van der Waals surface area (Å²) in [4.78, 5) is 0. The molecule has 0 aliphatic heterocycles. The molecule has 0 aliphatic rings. The van der Waals surface area contributed by atoms with E-state index in [2.05, 4.69) is 21.6 Å². The molecule has 1 N–H and O–H groups in total. The van der Waals surface area contributed by atoms with E-state index in [9.17, 15) is 5.11 Å². The summed E-state index contributed by atoms with van der Waals surface area (Å²) >= 11 is 1.35. The highest BCUT2D eigenvalue weighted by Crippen LogP contribution is 2.26. The summed E-state index contributed by atoms with van der Waals surface area (Å²) in [7, 11) is 1.60. The van der Waals surface area contributed by atoms with Gasteiger partial charge >= 0.3 is 0 Å². The first-order valence-corrected chi connectivity index (χ1v) is 10.1. The fourth-order valence-electron chi connectivity index (χ4n) is 2.89. The number of aromatic nitrogens is 4.